The Balaban J connectivity index is 1.69. The van der Waals surface area contributed by atoms with Crippen LogP contribution in [0.2, 0.25) is 0 Å². The summed E-state index contributed by atoms with van der Waals surface area (Å²) in [7, 11) is 0. The van der Waals surface area contributed by atoms with Crippen LogP contribution < -0.4 is 14.8 Å². The number of ether oxygens (including phenoxy) is 2. The monoisotopic (exact) mass is 477 g/mol. The van der Waals surface area contributed by atoms with E-state index in [-0.39, 0.29) is 5.69 Å². The smallest absolute Gasteiger partial charge is 0.248 e. The second-order valence-electron chi connectivity index (χ2n) is 7.83. The molecule has 0 aliphatic rings. The van der Waals surface area contributed by atoms with E-state index in [1.54, 1.807) is 19.3 Å². The number of halogens is 2. The zero-order valence-corrected chi connectivity index (χ0v) is 19.7. The number of nitrogens with one attached hydrogen (secondary N) is 1. The molecular formula is C28H25F2NO4. The maximum Gasteiger partial charge on any atom is 0.248 e. The molecule has 0 saturated carbocycles. The van der Waals surface area contributed by atoms with Gasteiger partial charge in [0.2, 0.25) is 5.91 Å². The number of furan rings is 1. The van der Waals surface area contributed by atoms with Crippen LogP contribution >= 0.6 is 0 Å². The maximum atomic E-state index is 13.5. The fourth-order valence-electron chi connectivity index (χ4n) is 3.79. The van der Waals surface area contributed by atoms with Crippen LogP contribution in [0.25, 0.3) is 27.7 Å². The molecule has 7 heteroatoms. The molecule has 0 aliphatic carbocycles. The molecule has 0 unspecified atom stereocenters. The van der Waals surface area contributed by atoms with Gasteiger partial charge in [0.05, 0.1) is 19.5 Å². The van der Waals surface area contributed by atoms with E-state index in [0.717, 1.165) is 34.4 Å². The molecule has 1 heterocycles. The van der Waals surface area contributed by atoms with Crippen molar-refractivity contribution >= 4 is 28.1 Å². The van der Waals surface area contributed by atoms with Crippen molar-refractivity contribution in [3.63, 3.8) is 0 Å². The minimum Gasteiger partial charge on any atom is -0.494 e. The van der Waals surface area contributed by atoms with E-state index in [1.807, 2.05) is 44.2 Å². The number of hydrogen-bond donors (Lipinski definition) is 1. The van der Waals surface area contributed by atoms with Crippen molar-refractivity contribution in [2.75, 3.05) is 18.5 Å². The summed E-state index contributed by atoms with van der Waals surface area (Å²) >= 11 is 0. The Kier molecular flexibility index (Phi) is 7.15. The van der Waals surface area contributed by atoms with E-state index >= 15 is 0 Å². The predicted molar refractivity (Wildman–Crippen MR) is 133 cm³/mol. The van der Waals surface area contributed by atoms with Crippen molar-refractivity contribution in [3.05, 3.63) is 84.1 Å². The lowest BCUT2D eigenvalue weighted by molar-refractivity contribution is -0.111. The van der Waals surface area contributed by atoms with E-state index in [1.165, 1.54) is 12.1 Å². The number of hydrogen-bond acceptors (Lipinski definition) is 4. The minimum atomic E-state index is -1.03. The Labute approximate surface area is 202 Å². The first kappa shape index (κ1) is 24.0. The van der Waals surface area contributed by atoms with E-state index in [4.69, 9.17) is 13.9 Å². The zero-order valence-electron chi connectivity index (χ0n) is 19.7. The standard InChI is InChI=1S/C28H25F2NO4/c1-4-33-20-9-6-18(7-10-20)23-16-35-27-15-26(34-5-2)21(14-22(23)27)17(3)12-28(32)31-19-8-11-24(29)25(30)13-19/h6-16H,4-5H2,1-3H3,(H,31,32)/b17-12+. The molecule has 4 rings (SSSR count). The number of allylic oxidation sites excluding steroid dienone is 1. The predicted octanol–water partition coefficient (Wildman–Crippen LogP) is 7.22. The number of benzene rings is 3. The van der Waals surface area contributed by atoms with Gasteiger partial charge < -0.3 is 19.2 Å². The SMILES string of the molecule is CCOc1ccc(-c2coc3cc(OCC)c(/C(C)=C/C(=O)Nc4ccc(F)c(F)c4)cc23)cc1. The summed E-state index contributed by atoms with van der Waals surface area (Å²) in [6, 6.07) is 14.6. The van der Waals surface area contributed by atoms with Gasteiger partial charge in [-0.25, -0.2) is 8.78 Å². The van der Waals surface area contributed by atoms with Gasteiger partial charge in [0.15, 0.2) is 11.6 Å². The Morgan fingerprint density at radius 1 is 0.971 bits per heavy atom. The third-order valence-electron chi connectivity index (χ3n) is 5.41. The van der Waals surface area contributed by atoms with Crippen molar-refractivity contribution in [1.29, 1.82) is 0 Å². The largest absolute Gasteiger partial charge is 0.494 e. The van der Waals surface area contributed by atoms with Gasteiger partial charge in [-0.1, -0.05) is 12.1 Å². The summed E-state index contributed by atoms with van der Waals surface area (Å²) in [6.07, 6.45) is 3.08. The van der Waals surface area contributed by atoms with Crippen LogP contribution in [0.5, 0.6) is 11.5 Å². The van der Waals surface area contributed by atoms with E-state index < -0.39 is 17.5 Å². The molecule has 0 radical (unpaired) electrons. The van der Waals surface area contributed by atoms with Gasteiger partial charge in [0.1, 0.15) is 17.1 Å². The van der Waals surface area contributed by atoms with Crippen molar-refractivity contribution in [1.82, 2.24) is 0 Å². The molecule has 0 aliphatic heterocycles. The van der Waals surface area contributed by atoms with Crippen LogP contribution in [0.15, 0.2) is 71.4 Å². The van der Waals surface area contributed by atoms with Crippen LogP contribution in [0.4, 0.5) is 14.5 Å². The second-order valence-corrected chi connectivity index (χ2v) is 7.83. The molecule has 0 fully saturated rings. The summed E-state index contributed by atoms with van der Waals surface area (Å²) in [5.74, 6) is -1.13. The van der Waals surface area contributed by atoms with Gasteiger partial charge in [-0.2, -0.15) is 0 Å². The van der Waals surface area contributed by atoms with Crippen molar-refractivity contribution in [2.24, 2.45) is 0 Å². The molecule has 1 aromatic heterocycles. The number of amides is 1. The molecule has 0 spiro atoms. The van der Waals surface area contributed by atoms with Gasteiger partial charge in [0.25, 0.3) is 0 Å². The molecule has 0 saturated heterocycles. The molecular weight excluding hydrogens is 452 g/mol. The highest BCUT2D eigenvalue weighted by Gasteiger charge is 2.16. The van der Waals surface area contributed by atoms with Crippen molar-refractivity contribution in [2.45, 2.75) is 20.8 Å². The average Bonchev–Trinajstić information content (AvgIpc) is 3.24. The number of fused-ring (bicyclic) bond motifs is 1. The summed E-state index contributed by atoms with van der Waals surface area (Å²) in [6.45, 7) is 6.61. The number of anilines is 1. The van der Waals surface area contributed by atoms with E-state index in [0.29, 0.717) is 35.7 Å². The summed E-state index contributed by atoms with van der Waals surface area (Å²) in [5.41, 5.74) is 4.01. The highest BCUT2D eigenvalue weighted by molar-refractivity contribution is 6.05. The van der Waals surface area contributed by atoms with Crippen LogP contribution in [0.3, 0.4) is 0 Å². The Morgan fingerprint density at radius 3 is 2.40 bits per heavy atom. The first-order valence-electron chi connectivity index (χ1n) is 11.3. The van der Waals surface area contributed by atoms with Crippen LogP contribution in [-0.4, -0.2) is 19.1 Å². The summed E-state index contributed by atoms with van der Waals surface area (Å²) in [4.78, 5) is 12.6. The molecule has 180 valence electrons. The van der Waals surface area contributed by atoms with Crippen LogP contribution in [-0.2, 0) is 4.79 Å². The van der Waals surface area contributed by atoms with Gasteiger partial charge in [-0.3, -0.25) is 4.79 Å². The lowest BCUT2D eigenvalue weighted by Gasteiger charge is -2.12. The molecule has 4 aromatic rings. The number of carbonyl (C=O) groups excluding carboxylic acids is 1. The first-order chi connectivity index (χ1) is 16.9. The van der Waals surface area contributed by atoms with E-state index in [9.17, 15) is 13.6 Å². The van der Waals surface area contributed by atoms with Crippen molar-refractivity contribution < 1.29 is 27.5 Å². The van der Waals surface area contributed by atoms with Gasteiger partial charge >= 0.3 is 0 Å². The Bertz CT molecular complexity index is 1390. The van der Waals surface area contributed by atoms with Gasteiger partial charge in [-0.05, 0) is 62.2 Å². The number of rotatable bonds is 8. The van der Waals surface area contributed by atoms with Crippen LogP contribution in [0, 0.1) is 11.6 Å². The summed E-state index contributed by atoms with van der Waals surface area (Å²) in [5, 5.41) is 3.42. The molecule has 5 nitrogen and oxygen atoms in total. The molecule has 1 N–H and O–H groups in total. The fourth-order valence-corrected chi connectivity index (χ4v) is 3.79. The quantitative estimate of drug-likeness (QED) is 0.272. The molecule has 3 aromatic carbocycles. The first-order valence-corrected chi connectivity index (χ1v) is 11.3. The molecule has 35 heavy (non-hydrogen) atoms. The number of carbonyl (C=O) groups is 1. The topological polar surface area (TPSA) is 60.7 Å². The second kappa shape index (κ2) is 10.4. The maximum absolute atomic E-state index is 13.5. The third-order valence-corrected chi connectivity index (χ3v) is 5.41. The molecule has 0 atom stereocenters. The molecule has 0 bridgehead atoms. The van der Waals surface area contributed by atoms with E-state index in [2.05, 4.69) is 5.32 Å². The minimum absolute atomic E-state index is 0.158. The van der Waals surface area contributed by atoms with Gasteiger partial charge in [-0.15, -0.1) is 0 Å². The highest BCUT2D eigenvalue weighted by Crippen LogP contribution is 2.38. The van der Waals surface area contributed by atoms with Gasteiger partial charge in [0, 0.05) is 40.4 Å². The summed E-state index contributed by atoms with van der Waals surface area (Å²) < 4.78 is 43.8. The van der Waals surface area contributed by atoms with Crippen molar-refractivity contribution in [3.8, 4) is 22.6 Å². The Hall–Kier alpha value is -4.13. The lowest BCUT2D eigenvalue weighted by Crippen LogP contribution is -2.09. The van der Waals surface area contributed by atoms with Crippen LogP contribution in [0.1, 0.15) is 26.3 Å². The fraction of sp³-hybridized carbons (Fsp3) is 0.179. The normalized spacial score (nSPS) is 11.5. The third kappa shape index (κ3) is 5.35. The lowest BCUT2D eigenvalue weighted by atomic mass is 9.99. The highest BCUT2D eigenvalue weighted by atomic mass is 19.2. The average molecular weight is 478 g/mol. The Morgan fingerprint density at radius 2 is 1.71 bits per heavy atom. The molecule has 1 amide bonds. The zero-order chi connectivity index (χ0) is 24.9.